The van der Waals surface area contributed by atoms with Gasteiger partial charge in [-0.1, -0.05) is 29.8 Å². The van der Waals surface area contributed by atoms with Crippen molar-refractivity contribution in [1.82, 2.24) is 10.2 Å². The normalized spacial score (nSPS) is 19.0. The van der Waals surface area contributed by atoms with Gasteiger partial charge in [-0.2, -0.15) is 0 Å². The van der Waals surface area contributed by atoms with Crippen LogP contribution >= 0.6 is 23.4 Å². The Hall–Kier alpha value is -2.81. The second kappa shape index (κ2) is 10.00. The Kier molecular flexibility index (Phi) is 6.91. The molecule has 2 aromatic rings. The standard InChI is InChI=1S/C22H20ClN3O4S/c23-16-2-1-3-17(13-16)24-22-25-21(28)19(31-22)12-15-4-6-18(7-5-15)30-14-20(27)26-8-10-29-11-9-26/h1-7,12-13H,8-11,14H2,(H,24,25,28)/b19-12-. The number of nitrogens with one attached hydrogen (secondary N) is 1. The molecule has 2 aliphatic rings. The number of nitrogens with zero attached hydrogens (tertiary/aromatic N) is 2. The first-order valence-electron chi connectivity index (χ1n) is 9.70. The first kappa shape index (κ1) is 21.4. The third-order valence-electron chi connectivity index (χ3n) is 4.59. The summed E-state index contributed by atoms with van der Waals surface area (Å²) < 4.78 is 10.8. The molecule has 0 radical (unpaired) electrons. The zero-order valence-corrected chi connectivity index (χ0v) is 18.1. The van der Waals surface area contributed by atoms with Gasteiger partial charge in [0.25, 0.3) is 11.8 Å². The molecular weight excluding hydrogens is 438 g/mol. The quantitative estimate of drug-likeness (QED) is 0.695. The molecule has 7 nitrogen and oxygen atoms in total. The van der Waals surface area contributed by atoms with E-state index in [-0.39, 0.29) is 18.4 Å². The van der Waals surface area contributed by atoms with Gasteiger partial charge in [-0.25, -0.2) is 4.99 Å². The fourth-order valence-electron chi connectivity index (χ4n) is 3.00. The number of morpholine rings is 1. The van der Waals surface area contributed by atoms with Crippen molar-refractivity contribution in [2.45, 2.75) is 0 Å². The molecule has 2 aliphatic heterocycles. The minimum Gasteiger partial charge on any atom is -0.484 e. The predicted molar refractivity (Wildman–Crippen MR) is 122 cm³/mol. The number of amidine groups is 1. The monoisotopic (exact) mass is 457 g/mol. The number of halogens is 1. The molecule has 1 N–H and O–H groups in total. The number of thioether (sulfide) groups is 1. The van der Waals surface area contributed by atoms with Gasteiger partial charge in [-0.15, -0.1) is 0 Å². The first-order valence-corrected chi connectivity index (χ1v) is 10.9. The van der Waals surface area contributed by atoms with Gasteiger partial charge in [0, 0.05) is 18.1 Å². The van der Waals surface area contributed by atoms with Crippen molar-refractivity contribution in [3.8, 4) is 5.75 Å². The number of amides is 2. The highest BCUT2D eigenvalue weighted by molar-refractivity contribution is 8.18. The Balaban J connectivity index is 1.35. The Morgan fingerprint density at radius 2 is 2.00 bits per heavy atom. The topological polar surface area (TPSA) is 80.2 Å². The van der Waals surface area contributed by atoms with Crippen molar-refractivity contribution < 1.29 is 19.1 Å². The Bertz CT molecular complexity index is 1030. The minimum absolute atomic E-state index is 0.0119. The molecule has 4 rings (SSSR count). The van der Waals surface area contributed by atoms with E-state index in [1.165, 1.54) is 11.8 Å². The van der Waals surface area contributed by atoms with Crippen LogP contribution in [0.1, 0.15) is 5.56 Å². The average Bonchev–Trinajstić information content (AvgIpc) is 3.12. The van der Waals surface area contributed by atoms with Gasteiger partial charge in [-0.05, 0) is 53.7 Å². The summed E-state index contributed by atoms with van der Waals surface area (Å²) in [6, 6.07) is 14.3. The van der Waals surface area contributed by atoms with E-state index < -0.39 is 0 Å². The van der Waals surface area contributed by atoms with Crippen LogP contribution in [-0.2, 0) is 14.3 Å². The fraction of sp³-hybridized carbons (Fsp3) is 0.227. The maximum absolute atomic E-state index is 12.3. The van der Waals surface area contributed by atoms with Crippen molar-refractivity contribution in [3.63, 3.8) is 0 Å². The Labute approximate surface area is 189 Å². The van der Waals surface area contributed by atoms with Gasteiger partial charge >= 0.3 is 0 Å². The van der Waals surface area contributed by atoms with E-state index in [9.17, 15) is 9.59 Å². The highest BCUT2D eigenvalue weighted by atomic mass is 35.5. The van der Waals surface area contributed by atoms with Crippen molar-refractivity contribution in [2.24, 2.45) is 4.99 Å². The highest BCUT2D eigenvalue weighted by Crippen LogP contribution is 2.29. The average molecular weight is 458 g/mol. The van der Waals surface area contributed by atoms with Crippen LogP contribution in [0.2, 0.25) is 5.02 Å². The van der Waals surface area contributed by atoms with Crippen LogP contribution in [0.3, 0.4) is 0 Å². The maximum atomic E-state index is 12.3. The molecule has 0 unspecified atom stereocenters. The fourth-order valence-corrected chi connectivity index (χ4v) is 4.03. The summed E-state index contributed by atoms with van der Waals surface area (Å²) in [5, 5.41) is 3.84. The lowest BCUT2D eigenvalue weighted by molar-refractivity contribution is -0.137. The smallest absolute Gasteiger partial charge is 0.264 e. The van der Waals surface area contributed by atoms with Gasteiger partial charge < -0.3 is 19.7 Å². The lowest BCUT2D eigenvalue weighted by Crippen LogP contribution is -2.42. The summed E-state index contributed by atoms with van der Waals surface area (Å²) in [7, 11) is 0. The van der Waals surface area contributed by atoms with Crippen LogP contribution in [0.5, 0.6) is 5.75 Å². The molecule has 0 saturated carbocycles. The molecule has 0 aromatic heterocycles. The number of carbonyl (C=O) groups is 2. The van der Waals surface area contributed by atoms with Gasteiger partial charge in [0.2, 0.25) is 0 Å². The van der Waals surface area contributed by atoms with Crippen molar-refractivity contribution >= 4 is 52.1 Å². The number of ether oxygens (including phenoxy) is 2. The van der Waals surface area contributed by atoms with Gasteiger partial charge in [-0.3, -0.25) is 9.59 Å². The Morgan fingerprint density at radius 1 is 1.23 bits per heavy atom. The zero-order chi connectivity index (χ0) is 21.6. The SMILES string of the molecule is O=C1NC(=Nc2cccc(Cl)c2)S/C1=C\c1ccc(OCC(=O)N2CCOCC2)cc1. The summed E-state index contributed by atoms with van der Waals surface area (Å²) >= 11 is 7.24. The van der Waals surface area contributed by atoms with Crippen LogP contribution in [0.15, 0.2) is 58.4 Å². The van der Waals surface area contributed by atoms with Crippen LogP contribution in [0, 0.1) is 0 Å². The summed E-state index contributed by atoms with van der Waals surface area (Å²) in [5.41, 5.74) is 1.51. The van der Waals surface area contributed by atoms with E-state index in [2.05, 4.69) is 10.3 Å². The number of carbonyl (C=O) groups excluding carboxylic acids is 2. The molecular formula is C22H20ClN3O4S. The molecule has 31 heavy (non-hydrogen) atoms. The van der Waals surface area contributed by atoms with E-state index in [1.54, 1.807) is 41.3 Å². The molecule has 0 atom stereocenters. The number of rotatable bonds is 5. The minimum atomic E-state index is -0.206. The summed E-state index contributed by atoms with van der Waals surface area (Å²) in [5.74, 6) is 0.331. The van der Waals surface area contributed by atoms with E-state index in [4.69, 9.17) is 21.1 Å². The van der Waals surface area contributed by atoms with E-state index in [1.807, 2.05) is 18.2 Å². The molecule has 0 spiro atoms. The lowest BCUT2D eigenvalue weighted by atomic mass is 10.2. The predicted octanol–water partition coefficient (Wildman–Crippen LogP) is 3.47. The maximum Gasteiger partial charge on any atom is 0.264 e. The van der Waals surface area contributed by atoms with Crippen molar-refractivity contribution in [3.05, 3.63) is 64.0 Å². The van der Waals surface area contributed by atoms with Crippen molar-refractivity contribution in [1.29, 1.82) is 0 Å². The number of hydrogen-bond donors (Lipinski definition) is 1. The van der Waals surface area contributed by atoms with Crippen LogP contribution < -0.4 is 10.1 Å². The summed E-state index contributed by atoms with van der Waals surface area (Å²) in [4.78, 5) is 31.1. The second-order valence-corrected chi connectivity index (χ2v) is 8.28. The van der Waals surface area contributed by atoms with Gasteiger partial charge in [0.1, 0.15) is 5.75 Å². The molecule has 9 heteroatoms. The third-order valence-corrected chi connectivity index (χ3v) is 5.74. The molecule has 2 saturated heterocycles. The molecule has 2 heterocycles. The van der Waals surface area contributed by atoms with Crippen molar-refractivity contribution in [2.75, 3.05) is 32.9 Å². The molecule has 160 valence electrons. The first-order chi connectivity index (χ1) is 15.1. The number of hydrogen-bond acceptors (Lipinski definition) is 6. The van der Waals surface area contributed by atoms with Gasteiger partial charge in [0.05, 0.1) is 23.8 Å². The molecule has 2 amide bonds. The lowest BCUT2D eigenvalue weighted by Gasteiger charge is -2.26. The van der Waals surface area contributed by atoms with Gasteiger partial charge in [0.15, 0.2) is 11.8 Å². The van der Waals surface area contributed by atoms with Crippen LogP contribution in [-0.4, -0.2) is 54.8 Å². The summed E-state index contributed by atoms with van der Waals surface area (Å²) in [6.07, 6.45) is 1.78. The highest BCUT2D eigenvalue weighted by Gasteiger charge is 2.24. The Morgan fingerprint density at radius 3 is 2.74 bits per heavy atom. The van der Waals surface area contributed by atoms with Crippen LogP contribution in [0.4, 0.5) is 5.69 Å². The summed E-state index contributed by atoms with van der Waals surface area (Å²) in [6.45, 7) is 2.30. The number of aliphatic imine (C=N–C) groups is 1. The van der Waals surface area contributed by atoms with E-state index in [0.29, 0.717) is 52.8 Å². The molecule has 0 aliphatic carbocycles. The second-order valence-electron chi connectivity index (χ2n) is 6.81. The third kappa shape index (κ3) is 5.88. The van der Waals surface area contributed by atoms with Crippen LogP contribution in [0.25, 0.3) is 6.08 Å². The molecule has 0 bridgehead atoms. The molecule has 2 aromatic carbocycles. The van der Waals surface area contributed by atoms with E-state index >= 15 is 0 Å². The number of benzene rings is 2. The zero-order valence-electron chi connectivity index (χ0n) is 16.5. The molecule has 2 fully saturated rings. The largest absolute Gasteiger partial charge is 0.484 e. The van der Waals surface area contributed by atoms with E-state index in [0.717, 1.165) is 5.56 Å².